The van der Waals surface area contributed by atoms with Crippen molar-refractivity contribution in [3.8, 4) is 0 Å². The van der Waals surface area contributed by atoms with E-state index >= 15 is 0 Å². The number of hydrogen-bond acceptors (Lipinski definition) is 2. The molecule has 134 valence electrons. The summed E-state index contributed by atoms with van der Waals surface area (Å²) in [7, 11) is 6.15. The molecular weight excluding hydrogens is 284 g/mol. The van der Waals surface area contributed by atoms with Crippen molar-refractivity contribution >= 4 is 5.96 Å². The molecule has 0 heterocycles. The average molecular weight is 323 g/mol. The Morgan fingerprint density at radius 3 is 2.48 bits per heavy atom. The standard InChI is InChI=1S/C19H38N4/c1-20-19(22-16-14-18-12-8-7-9-13-18)21-15-10-5-4-6-11-17-23(2)3/h12H,4-11,13-17H2,1-3H3,(H2,20,21,22). The topological polar surface area (TPSA) is 39.7 Å². The summed E-state index contributed by atoms with van der Waals surface area (Å²) in [6, 6.07) is 0. The lowest BCUT2D eigenvalue weighted by atomic mass is 9.97. The van der Waals surface area contributed by atoms with Gasteiger partial charge in [0.2, 0.25) is 0 Å². The lowest BCUT2D eigenvalue weighted by Crippen LogP contribution is -2.38. The van der Waals surface area contributed by atoms with E-state index in [9.17, 15) is 0 Å². The van der Waals surface area contributed by atoms with Crippen LogP contribution in [0.4, 0.5) is 0 Å². The molecule has 23 heavy (non-hydrogen) atoms. The summed E-state index contributed by atoms with van der Waals surface area (Å²) in [5, 5.41) is 6.86. The van der Waals surface area contributed by atoms with E-state index in [1.165, 1.54) is 64.3 Å². The molecule has 4 nitrogen and oxygen atoms in total. The molecule has 0 atom stereocenters. The van der Waals surface area contributed by atoms with Crippen molar-refractivity contribution in [1.29, 1.82) is 0 Å². The van der Waals surface area contributed by atoms with Crippen LogP contribution in [0.2, 0.25) is 0 Å². The van der Waals surface area contributed by atoms with Crippen molar-refractivity contribution < 1.29 is 0 Å². The van der Waals surface area contributed by atoms with Gasteiger partial charge in [0.15, 0.2) is 5.96 Å². The number of rotatable bonds is 11. The predicted molar refractivity (Wildman–Crippen MR) is 102 cm³/mol. The quantitative estimate of drug-likeness (QED) is 0.264. The number of nitrogens with one attached hydrogen (secondary N) is 2. The molecule has 0 aromatic carbocycles. The van der Waals surface area contributed by atoms with Gasteiger partial charge in [-0.25, -0.2) is 0 Å². The molecule has 1 rings (SSSR count). The van der Waals surface area contributed by atoms with Gasteiger partial charge in [0.25, 0.3) is 0 Å². The fourth-order valence-corrected chi connectivity index (χ4v) is 2.98. The molecule has 1 aliphatic carbocycles. The molecule has 0 radical (unpaired) electrons. The first-order valence-electron chi connectivity index (χ1n) is 9.49. The number of aliphatic imine (C=N–C) groups is 1. The molecule has 0 amide bonds. The number of unbranched alkanes of at least 4 members (excludes halogenated alkanes) is 4. The Balaban J connectivity index is 1.96. The Morgan fingerprint density at radius 1 is 1.04 bits per heavy atom. The van der Waals surface area contributed by atoms with E-state index in [-0.39, 0.29) is 0 Å². The first kappa shape index (κ1) is 20.0. The zero-order valence-corrected chi connectivity index (χ0v) is 15.7. The minimum atomic E-state index is 0.953. The van der Waals surface area contributed by atoms with Crippen molar-refractivity contribution in [3.05, 3.63) is 11.6 Å². The zero-order valence-electron chi connectivity index (χ0n) is 15.7. The average Bonchev–Trinajstić information content (AvgIpc) is 2.56. The van der Waals surface area contributed by atoms with Crippen molar-refractivity contribution in [2.24, 2.45) is 4.99 Å². The van der Waals surface area contributed by atoms with Crippen LogP contribution in [-0.4, -0.2) is 51.6 Å². The maximum atomic E-state index is 4.31. The Labute approximate surface area is 143 Å². The molecule has 0 aliphatic heterocycles. The van der Waals surface area contributed by atoms with Gasteiger partial charge in [-0.3, -0.25) is 4.99 Å². The zero-order chi connectivity index (χ0) is 16.8. The first-order valence-corrected chi connectivity index (χ1v) is 9.49. The van der Waals surface area contributed by atoms with Crippen molar-refractivity contribution in [1.82, 2.24) is 15.5 Å². The molecule has 1 aliphatic rings. The van der Waals surface area contributed by atoms with E-state index in [4.69, 9.17) is 0 Å². The second-order valence-electron chi connectivity index (χ2n) is 6.85. The number of hydrogen-bond donors (Lipinski definition) is 2. The van der Waals surface area contributed by atoms with Crippen LogP contribution in [0.25, 0.3) is 0 Å². The Hall–Kier alpha value is -1.03. The molecule has 0 fully saturated rings. The van der Waals surface area contributed by atoms with Crippen molar-refractivity contribution in [2.75, 3.05) is 40.8 Å². The van der Waals surface area contributed by atoms with Gasteiger partial charge >= 0.3 is 0 Å². The molecule has 2 N–H and O–H groups in total. The fraction of sp³-hybridized carbons (Fsp3) is 0.842. The van der Waals surface area contributed by atoms with Gasteiger partial charge in [0, 0.05) is 20.1 Å². The molecule has 0 bridgehead atoms. The monoisotopic (exact) mass is 322 g/mol. The lowest BCUT2D eigenvalue weighted by molar-refractivity contribution is 0.389. The maximum Gasteiger partial charge on any atom is 0.190 e. The van der Waals surface area contributed by atoms with E-state index in [1.54, 1.807) is 5.57 Å². The number of guanidine groups is 1. The Morgan fingerprint density at radius 2 is 1.78 bits per heavy atom. The molecule has 0 unspecified atom stereocenters. The van der Waals surface area contributed by atoms with E-state index in [0.29, 0.717) is 0 Å². The molecule has 0 saturated heterocycles. The predicted octanol–water partition coefficient (Wildman–Crippen LogP) is 3.55. The molecule has 4 heteroatoms. The van der Waals surface area contributed by atoms with Crippen LogP contribution in [-0.2, 0) is 0 Å². The van der Waals surface area contributed by atoms with E-state index < -0.39 is 0 Å². The summed E-state index contributed by atoms with van der Waals surface area (Å²) in [6.07, 6.45) is 15.4. The molecule has 0 aromatic heterocycles. The van der Waals surface area contributed by atoms with Crippen molar-refractivity contribution in [3.63, 3.8) is 0 Å². The second-order valence-corrected chi connectivity index (χ2v) is 6.85. The Bertz CT molecular complexity index is 347. The smallest absolute Gasteiger partial charge is 0.190 e. The first-order chi connectivity index (χ1) is 11.2. The van der Waals surface area contributed by atoms with E-state index in [2.05, 4.69) is 40.7 Å². The van der Waals surface area contributed by atoms with Crippen LogP contribution in [0.15, 0.2) is 16.6 Å². The number of allylic oxidation sites excluding steroid dienone is 1. The third-order valence-electron chi connectivity index (χ3n) is 4.42. The van der Waals surface area contributed by atoms with Gasteiger partial charge in [-0.15, -0.1) is 0 Å². The summed E-state index contributed by atoms with van der Waals surface area (Å²) < 4.78 is 0. The maximum absolute atomic E-state index is 4.31. The van der Waals surface area contributed by atoms with E-state index in [1.807, 2.05) is 7.05 Å². The SMILES string of the molecule is CN=C(NCCCCCCCN(C)C)NCCC1=CCCCC1. The van der Waals surface area contributed by atoms with Crippen LogP contribution in [0, 0.1) is 0 Å². The molecule has 0 spiro atoms. The minimum Gasteiger partial charge on any atom is -0.356 e. The molecule has 0 saturated carbocycles. The highest BCUT2D eigenvalue weighted by Gasteiger charge is 2.04. The summed E-state index contributed by atoms with van der Waals surface area (Å²) in [5.74, 6) is 0.953. The van der Waals surface area contributed by atoms with Crippen molar-refractivity contribution in [2.45, 2.75) is 64.2 Å². The molecule has 0 aromatic rings. The highest BCUT2D eigenvalue weighted by Crippen LogP contribution is 2.19. The molecular formula is C19H38N4. The highest BCUT2D eigenvalue weighted by molar-refractivity contribution is 5.79. The van der Waals surface area contributed by atoms with Gasteiger partial charge < -0.3 is 15.5 Å². The van der Waals surface area contributed by atoms with Crippen LogP contribution >= 0.6 is 0 Å². The van der Waals surface area contributed by atoms with Gasteiger partial charge in [0.05, 0.1) is 0 Å². The summed E-state index contributed by atoms with van der Waals surface area (Å²) in [5.41, 5.74) is 1.62. The van der Waals surface area contributed by atoms with Crippen LogP contribution in [0.3, 0.4) is 0 Å². The lowest BCUT2D eigenvalue weighted by Gasteiger charge is -2.15. The van der Waals surface area contributed by atoms with Gasteiger partial charge in [-0.1, -0.05) is 30.9 Å². The third kappa shape index (κ3) is 11.2. The highest BCUT2D eigenvalue weighted by atomic mass is 15.2. The summed E-state index contributed by atoms with van der Waals surface area (Å²) >= 11 is 0. The van der Waals surface area contributed by atoms with Gasteiger partial charge in [-0.2, -0.15) is 0 Å². The number of nitrogens with zero attached hydrogens (tertiary/aromatic N) is 2. The van der Waals surface area contributed by atoms with Gasteiger partial charge in [-0.05, 0) is 65.6 Å². The van der Waals surface area contributed by atoms with E-state index in [0.717, 1.165) is 25.5 Å². The minimum absolute atomic E-state index is 0.953. The van der Waals surface area contributed by atoms with Crippen LogP contribution < -0.4 is 10.6 Å². The second kappa shape index (κ2) is 13.4. The van der Waals surface area contributed by atoms with Gasteiger partial charge in [0.1, 0.15) is 0 Å². The summed E-state index contributed by atoms with van der Waals surface area (Å²) in [4.78, 5) is 6.57. The normalized spacial score (nSPS) is 15.7. The van der Waals surface area contributed by atoms with Crippen LogP contribution in [0.1, 0.15) is 64.2 Å². The van der Waals surface area contributed by atoms with Crippen LogP contribution in [0.5, 0.6) is 0 Å². The fourth-order valence-electron chi connectivity index (χ4n) is 2.98. The summed E-state index contributed by atoms with van der Waals surface area (Å²) in [6.45, 7) is 3.23. The Kier molecular flexibility index (Phi) is 11.7. The third-order valence-corrected chi connectivity index (χ3v) is 4.42. The largest absolute Gasteiger partial charge is 0.356 e.